The van der Waals surface area contributed by atoms with Crippen LogP contribution in [0.1, 0.15) is 11.1 Å². The standard InChI is InChI=1S/C17H14N2O2/c1-11-6-5-9-13-15(11)19-16(12-7-3-2-4-8-12)14(10-18-21)17(13)20/h2-9H,10H2,1H3,(H,19,20). The van der Waals surface area contributed by atoms with Crippen molar-refractivity contribution in [2.24, 2.45) is 5.18 Å². The SMILES string of the molecule is Cc1cccc2c(=O)c(CN=O)c(-c3ccccc3)[nH]c12. The second-order valence-electron chi connectivity index (χ2n) is 4.96. The monoisotopic (exact) mass is 278 g/mol. The molecule has 0 fully saturated rings. The fourth-order valence-electron chi connectivity index (χ4n) is 2.57. The maximum Gasteiger partial charge on any atom is 0.195 e. The Kier molecular flexibility index (Phi) is 3.36. The molecular formula is C17H14N2O2. The smallest absolute Gasteiger partial charge is 0.195 e. The highest BCUT2D eigenvalue weighted by molar-refractivity contribution is 5.85. The van der Waals surface area contributed by atoms with E-state index in [1.807, 2.05) is 49.4 Å². The lowest BCUT2D eigenvalue weighted by atomic mass is 10.0. The number of aryl methyl sites for hydroxylation is 1. The first-order chi connectivity index (χ1) is 10.2. The molecule has 21 heavy (non-hydrogen) atoms. The summed E-state index contributed by atoms with van der Waals surface area (Å²) in [7, 11) is 0. The summed E-state index contributed by atoms with van der Waals surface area (Å²) in [6.45, 7) is 1.81. The molecule has 2 aromatic carbocycles. The zero-order chi connectivity index (χ0) is 14.8. The molecule has 1 heterocycles. The van der Waals surface area contributed by atoms with Gasteiger partial charge < -0.3 is 4.98 Å². The van der Waals surface area contributed by atoms with Crippen LogP contribution in [0.4, 0.5) is 0 Å². The van der Waals surface area contributed by atoms with Gasteiger partial charge in [-0.2, -0.15) is 4.91 Å². The largest absolute Gasteiger partial charge is 0.354 e. The first kappa shape index (κ1) is 13.2. The molecular weight excluding hydrogens is 264 g/mol. The Morgan fingerprint density at radius 3 is 2.52 bits per heavy atom. The Morgan fingerprint density at radius 2 is 1.81 bits per heavy atom. The molecule has 0 bridgehead atoms. The van der Waals surface area contributed by atoms with E-state index in [1.165, 1.54) is 0 Å². The molecule has 3 rings (SSSR count). The van der Waals surface area contributed by atoms with Gasteiger partial charge in [-0.1, -0.05) is 47.6 Å². The second-order valence-corrected chi connectivity index (χ2v) is 4.96. The van der Waals surface area contributed by atoms with E-state index in [1.54, 1.807) is 6.07 Å². The van der Waals surface area contributed by atoms with E-state index in [0.29, 0.717) is 16.6 Å². The van der Waals surface area contributed by atoms with Crippen LogP contribution in [0.3, 0.4) is 0 Å². The van der Waals surface area contributed by atoms with Crippen molar-refractivity contribution in [1.82, 2.24) is 4.98 Å². The average Bonchev–Trinajstić information content (AvgIpc) is 2.51. The molecule has 0 unspecified atom stereocenters. The molecule has 0 saturated carbocycles. The van der Waals surface area contributed by atoms with Crippen LogP contribution in [-0.4, -0.2) is 4.98 Å². The molecule has 4 heteroatoms. The Morgan fingerprint density at radius 1 is 1.05 bits per heavy atom. The quantitative estimate of drug-likeness (QED) is 0.741. The molecule has 0 spiro atoms. The predicted molar refractivity (Wildman–Crippen MR) is 84.2 cm³/mol. The molecule has 1 aromatic heterocycles. The summed E-state index contributed by atoms with van der Waals surface area (Å²) < 4.78 is 0. The summed E-state index contributed by atoms with van der Waals surface area (Å²) in [6.07, 6.45) is 0. The lowest BCUT2D eigenvalue weighted by Gasteiger charge is -2.11. The first-order valence-electron chi connectivity index (χ1n) is 6.71. The van der Waals surface area contributed by atoms with E-state index in [0.717, 1.165) is 16.6 Å². The van der Waals surface area contributed by atoms with Crippen molar-refractivity contribution in [3.05, 3.63) is 74.8 Å². The molecule has 0 radical (unpaired) electrons. The summed E-state index contributed by atoms with van der Waals surface area (Å²) in [5.74, 6) is 0. The summed E-state index contributed by atoms with van der Waals surface area (Å²) in [4.78, 5) is 26.7. The normalized spacial score (nSPS) is 10.7. The van der Waals surface area contributed by atoms with Crippen molar-refractivity contribution in [2.75, 3.05) is 0 Å². The van der Waals surface area contributed by atoms with Gasteiger partial charge in [0.25, 0.3) is 0 Å². The lowest BCUT2D eigenvalue weighted by Crippen LogP contribution is -2.13. The number of para-hydroxylation sites is 1. The minimum Gasteiger partial charge on any atom is -0.354 e. The van der Waals surface area contributed by atoms with Crippen LogP contribution in [0.25, 0.3) is 22.2 Å². The maximum absolute atomic E-state index is 12.6. The molecule has 4 nitrogen and oxygen atoms in total. The highest BCUT2D eigenvalue weighted by atomic mass is 16.3. The number of nitroso groups, excluding NO2 is 1. The number of benzene rings is 2. The number of pyridine rings is 1. The Bertz CT molecular complexity index is 867. The van der Waals surface area contributed by atoms with Crippen molar-refractivity contribution >= 4 is 10.9 Å². The summed E-state index contributed by atoms with van der Waals surface area (Å²) in [6, 6.07) is 15.1. The molecule has 1 N–H and O–H groups in total. The van der Waals surface area contributed by atoms with E-state index < -0.39 is 0 Å². The predicted octanol–water partition coefficient (Wildman–Crippen LogP) is 3.77. The third-order valence-corrected chi connectivity index (χ3v) is 3.63. The van der Waals surface area contributed by atoms with E-state index in [2.05, 4.69) is 10.2 Å². The highest BCUT2D eigenvalue weighted by Crippen LogP contribution is 2.24. The topological polar surface area (TPSA) is 62.3 Å². The third-order valence-electron chi connectivity index (χ3n) is 3.63. The highest BCUT2D eigenvalue weighted by Gasteiger charge is 2.14. The van der Waals surface area contributed by atoms with Crippen molar-refractivity contribution in [1.29, 1.82) is 0 Å². The van der Waals surface area contributed by atoms with Crippen molar-refractivity contribution in [3.8, 4) is 11.3 Å². The number of nitrogens with zero attached hydrogens (tertiary/aromatic N) is 1. The van der Waals surface area contributed by atoms with E-state index in [4.69, 9.17) is 0 Å². The second kappa shape index (κ2) is 5.32. The number of hydrogen-bond acceptors (Lipinski definition) is 3. The van der Waals surface area contributed by atoms with Crippen LogP contribution < -0.4 is 5.43 Å². The molecule has 0 atom stereocenters. The number of aromatic nitrogens is 1. The average molecular weight is 278 g/mol. The van der Waals surface area contributed by atoms with Crippen LogP contribution in [0.15, 0.2) is 58.5 Å². The van der Waals surface area contributed by atoms with Crippen LogP contribution in [0, 0.1) is 11.8 Å². The lowest BCUT2D eigenvalue weighted by molar-refractivity contribution is 1.03. The van der Waals surface area contributed by atoms with Gasteiger partial charge in [0.15, 0.2) is 5.43 Å². The number of H-pyrrole nitrogens is 1. The molecule has 3 aromatic rings. The molecule has 0 aliphatic rings. The van der Waals surface area contributed by atoms with Gasteiger partial charge in [0, 0.05) is 10.9 Å². The van der Waals surface area contributed by atoms with Gasteiger partial charge >= 0.3 is 0 Å². The number of rotatable bonds is 3. The van der Waals surface area contributed by atoms with Crippen LogP contribution in [-0.2, 0) is 6.54 Å². The summed E-state index contributed by atoms with van der Waals surface area (Å²) in [5, 5.41) is 3.50. The van der Waals surface area contributed by atoms with Crippen molar-refractivity contribution in [2.45, 2.75) is 13.5 Å². The van der Waals surface area contributed by atoms with E-state index in [-0.39, 0.29) is 12.0 Å². The molecule has 104 valence electrons. The Balaban J connectivity index is 2.42. The first-order valence-corrected chi connectivity index (χ1v) is 6.71. The number of hydrogen-bond donors (Lipinski definition) is 1. The van der Waals surface area contributed by atoms with Gasteiger partial charge in [0.2, 0.25) is 0 Å². The minimum atomic E-state index is -0.135. The van der Waals surface area contributed by atoms with Crippen molar-refractivity contribution in [3.63, 3.8) is 0 Å². The van der Waals surface area contributed by atoms with Crippen molar-refractivity contribution < 1.29 is 0 Å². The maximum atomic E-state index is 12.6. The summed E-state index contributed by atoms with van der Waals surface area (Å²) in [5.41, 5.74) is 3.61. The van der Waals surface area contributed by atoms with Gasteiger partial charge in [-0.3, -0.25) is 4.79 Å². The molecule has 0 aliphatic carbocycles. The fourth-order valence-corrected chi connectivity index (χ4v) is 2.57. The van der Waals surface area contributed by atoms with Gasteiger partial charge in [0.1, 0.15) is 6.54 Å². The minimum absolute atomic E-state index is 0.133. The van der Waals surface area contributed by atoms with Gasteiger partial charge in [0.05, 0.1) is 11.2 Å². The Hall–Kier alpha value is -2.75. The zero-order valence-corrected chi connectivity index (χ0v) is 11.6. The third kappa shape index (κ3) is 2.25. The molecule has 0 saturated heterocycles. The van der Waals surface area contributed by atoms with Gasteiger partial charge in [-0.05, 0) is 24.1 Å². The van der Waals surface area contributed by atoms with Crippen LogP contribution in [0.5, 0.6) is 0 Å². The summed E-state index contributed by atoms with van der Waals surface area (Å²) >= 11 is 0. The van der Waals surface area contributed by atoms with Crippen LogP contribution in [0.2, 0.25) is 0 Å². The number of nitrogens with one attached hydrogen (secondary N) is 1. The number of aromatic amines is 1. The number of fused-ring (bicyclic) bond motifs is 1. The molecule has 0 amide bonds. The Labute approximate surface area is 121 Å². The van der Waals surface area contributed by atoms with E-state index in [9.17, 15) is 9.70 Å². The van der Waals surface area contributed by atoms with E-state index >= 15 is 0 Å². The van der Waals surface area contributed by atoms with Gasteiger partial charge in [-0.25, -0.2) is 0 Å². The zero-order valence-electron chi connectivity index (χ0n) is 11.6. The molecule has 0 aliphatic heterocycles. The van der Waals surface area contributed by atoms with Crippen LogP contribution >= 0.6 is 0 Å². The van der Waals surface area contributed by atoms with Gasteiger partial charge in [-0.15, -0.1) is 0 Å². The fraction of sp³-hybridized carbons (Fsp3) is 0.118.